The van der Waals surface area contributed by atoms with Gasteiger partial charge in [-0.15, -0.1) is 0 Å². The van der Waals surface area contributed by atoms with Gasteiger partial charge < -0.3 is 19.3 Å². The summed E-state index contributed by atoms with van der Waals surface area (Å²) in [4.78, 5) is 0. The fraction of sp³-hybridized carbons (Fsp3) is 0.647. The van der Waals surface area contributed by atoms with Crippen LogP contribution in [-0.2, 0) is 35.3 Å². The molecule has 7 heteroatoms. The molecule has 41 heavy (non-hydrogen) atoms. The molecule has 2 unspecified atom stereocenters. The molecule has 0 bridgehead atoms. The summed E-state index contributed by atoms with van der Waals surface area (Å²) in [6, 6.07) is 7.93. The molecule has 5 nitrogen and oxygen atoms in total. The van der Waals surface area contributed by atoms with E-state index in [1.807, 2.05) is 38.1 Å². The van der Waals surface area contributed by atoms with Crippen molar-refractivity contribution in [1.29, 1.82) is 0 Å². The molecule has 2 aromatic rings. The molecule has 2 N–H and O–H groups in total. The van der Waals surface area contributed by atoms with Gasteiger partial charge >= 0.3 is 8.25 Å². The van der Waals surface area contributed by atoms with Crippen LogP contribution in [0.1, 0.15) is 155 Å². The molecule has 0 aliphatic heterocycles. The maximum Gasteiger partial charge on any atom is 0.320 e. The third kappa shape index (κ3) is 9.72. The molecule has 0 aromatic heterocycles. The number of hydrogen-bond donors (Lipinski definition) is 2. The normalized spacial score (nSPS) is 15.3. The molecule has 2 rings (SSSR count). The number of aromatic hydroxyl groups is 2. The van der Waals surface area contributed by atoms with Crippen molar-refractivity contribution in [3.05, 3.63) is 57.6 Å². The van der Waals surface area contributed by atoms with Crippen LogP contribution in [0.15, 0.2) is 24.3 Å². The molecule has 0 aliphatic rings. The van der Waals surface area contributed by atoms with Crippen LogP contribution in [0.25, 0.3) is 0 Å². The standard InChI is InChI=1S/C34H55O5P.Ca/c1-15-27(21-17-23(31(3,4)5)29(35)24(18-21)32(6,7)8)38-40(37)39-28(16-2)22-19-25(33(9,10)11)30(36)26(20-22)34(12,13)14;/h17-20,27-28,35-36,40H,15-16H2,1-14H3;. The smallest absolute Gasteiger partial charge is 0.320 e. The molecular weight excluding hydrogens is 559 g/mol. The Labute approximate surface area is 280 Å². The molecule has 0 fully saturated rings. The summed E-state index contributed by atoms with van der Waals surface area (Å²) in [5.41, 5.74) is 4.05. The first-order valence-corrected chi connectivity index (χ1v) is 15.9. The van der Waals surface area contributed by atoms with Crippen LogP contribution in [0.4, 0.5) is 0 Å². The predicted molar refractivity (Wildman–Crippen MR) is 174 cm³/mol. The molecule has 0 aliphatic carbocycles. The summed E-state index contributed by atoms with van der Waals surface area (Å²) in [7, 11) is -2.89. The van der Waals surface area contributed by atoms with E-state index in [4.69, 9.17) is 9.05 Å². The largest absolute Gasteiger partial charge is 0.507 e. The molecule has 0 saturated heterocycles. The van der Waals surface area contributed by atoms with Gasteiger partial charge in [0, 0.05) is 37.7 Å². The van der Waals surface area contributed by atoms with Gasteiger partial charge in [0.15, 0.2) is 0 Å². The molecule has 228 valence electrons. The van der Waals surface area contributed by atoms with Crippen LogP contribution in [0.5, 0.6) is 11.5 Å². The van der Waals surface area contributed by atoms with Crippen molar-refractivity contribution < 1.29 is 23.8 Å². The Morgan fingerprint density at radius 1 is 0.585 bits per heavy atom. The summed E-state index contributed by atoms with van der Waals surface area (Å²) in [5, 5.41) is 22.3. The second-order valence-corrected chi connectivity index (χ2v) is 16.2. The van der Waals surface area contributed by atoms with E-state index in [1.54, 1.807) is 0 Å². The first-order valence-electron chi connectivity index (χ1n) is 14.6. The molecule has 0 amide bonds. The Hall–Kier alpha value is -0.550. The minimum Gasteiger partial charge on any atom is -0.507 e. The number of hydrogen-bond acceptors (Lipinski definition) is 5. The van der Waals surface area contributed by atoms with Crippen molar-refractivity contribution in [1.82, 2.24) is 0 Å². The van der Waals surface area contributed by atoms with Gasteiger partial charge in [-0.05, 0) is 92.1 Å². The molecule has 0 saturated carbocycles. The van der Waals surface area contributed by atoms with Crippen LogP contribution in [0, 0.1) is 0 Å². The second kappa shape index (κ2) is 14.0. The molecule has 2 atom stereocenters. The van der Waals surface area contributed by atoms with Gasteiger partial charge in [0.05, 0.1) is 12.2 Å². The number of phenolic OH excluding ortho intramolecular Hbond substituents is 2. The first kappa shape index (κ1) is 38.5. The average molecular weight is 615 g/mol. The van der Waals surface area contributed by atoms with Crippen molar-refractivity contribution in [3.63, 3.8) is 0 Å². The van der Waals surface area contributed by atoms with Crippen molar-refractivity contribution in [3.8, 4) is 11.5 Å². The summed E-state index contributed by atoms with van der Waals surface area (Å²) in [5.74, 6) is 0.621. The minimum atomic E-state index is -2.89. The molecule has 2 radical (unpaired) electrons. The minimum absolute atomic E-state index is 0. The van der Waals surface area contributed by atoms with Gasteiger partial charge in [0.2, 0.25) is 0 Å². The van der Waals surface area contributed by atoms with E-state index in [0.29, 0.717) is 24.3 Å². The quantitative estimate of drug-likeness (QED) is 0.229. The molecule has 2 aromatic carbocycles. The van der Waals surface area contributed by atoms with Gasteiger partial charge in [-0.25, -0.2) is 0 Å². The first-order chi connectivity index (χ1) is 18.0. The fourth-order valence-corrected chi connectivity index (χ4v) is 6.13. The Morgan fingerprint density at radius 3 is 0.976 bits per heavy atom. The van der Waals surface area contributed by atoms with Gasteiger partial charge in [-0.1, -0.05) is 96.9 Å². The average Bonchev–Trinajstić information content (AvgIpc) is 2.78. The summed E-state index contributed by atoms with van der Waals surface area (Å²) in [6.45, 7) is 28.9. The van der Waals surface area contributed by atoms with Crippen molar-refractivity contribution >= 4 is 46.0 Å². The van der Waals surface area contributed by atoms with Crippen LogP contribution in [-0.4, -0.2) is 48.0 Å². The van der Waals surface area contributed by atoms with Crippen molar-refractivity contribution in [2.24, 2.45) is 0 Å². The Morgan fingerprint density at radius 2 is 0.805 bits per heavy atom. The van der Waals surface area contributed by atoms with E-state index in [2.05, 4.69) is 83.1 Å². The van der Waals surface area contributed by atoms with Crippen LogP contribution >= 0.6 is 8.25 Å². The van der Waals surface area contributed by atoms with E-state index in [9.17, 15) is 14.8 Å². The molecular formula is C34H55CaO5P. The van der Waals surface area contributed by atoms with E-state index in [1.165, 1.54) is 0 Å². The number of rotatable bonds is 8. The number of phenols is 2. The Bertz CT molecular complexity index is 1050. The maximum atomic E-state index is 13.4. The van der Waals surface area contributed by atoms with Gasteiger partial charge in [0.25, 0.3) is 0 Å². The topological polar surface area (TPSA) is 76.0 Å². The van der Waals surface area contributed by atoms with E-state index < -0.39 is 20.5 Å². The molecule has 0 spiro atoms. The third-order valence-electron chi connectivity index (χ3n) is 7.46. The summed E-state index contributed by atoms with van der Waals surface area (Å²) < 4.78 is 25.7. The van der Waals surface area contributed by atoms with E-state index in [0.717, 1.165) is 33.4 Å². The van der Waals surface area contributed by atoms with Crippen molar-refractivity contribution in [2.75, 3.05) is 0 Å². The van der Waals surface area contributed by atoms with E-state index in [-0.39, 0.29) is 59.4 Å². The van der Waals surface area contributed by atoms with Crippen LogP contribution in [0.3, 0.4) is 0 Å². The summed E-state index contributed by atoms with van der Waals surface area (Å²) >= 11 is 0. The van der Waals surface area contributed by atoms with Gasteiger partial charge in [-0.2, -0.15) is 0 Å². The number of benzene rings is 2. The third-order valence-corrected chi connectivity index (χ3v) is 8.41. The van der Waals surface area contributed by atoms with Crippen LogP contribution in [0.2, 0.25) is 0 Å². The maximum absolute atomic E-state index is 13.4. The van der Waals surface area contributed by atoms with Crippen molar-refractivity contribution in [2.45, 2.75) is 144 Å². The zero-order chi connectivity index (χ0) is 31.0. The zero-order valence-corrected chi connectivity index (χ0v) is 31.4. The van der Waals surface area contributed by atoms with Gasteiger partial charge in [0.1, 0.15) is 11.5 Å². The fourth-order valence-electron chi connectivity index (χ4n) is 5.01. The van der Waals surface area contributed by atoms with E-state index >= 15 is 0 Å². The zero-order valence-electron chi connectivity index (χ0n) is 28.2. The monoisotopic (exact) mass is 614 g/mol. The second-order valence-electron chi connectivity index (χ2n) is 15.2. The Kier molecular flexibility index (Phi) is 13.2. The summed E-state index contributed by atoms with van der Waals surface area (Å²) in [6.07, 6.45) is 0.329. The SMILES string of the molecule is CCC(O[PH](=O)OC(CC)c1cc(C(C)(C)C)c(O)c(C(C)(C)C)c1)c1cc(C(C)(C)C)c(O)c(C(C)(C)C)c1.[Ca]. The Balaban J connectivity index is 0.00000840. The van der Waals surface area contributed by atoms with Crippen LogP contribution < -0.4 is 0 Å². The van der Waals surface area contributed by atoms with Gasteiger partial charge in [-0.3, -0.25) is 4.57 Å². The predicted octanol–water partition coefficient (Wildman–Crippen LogP) is 9.93. The molecule has 0 heterocycles.